The molecule has 2 fully saturated rings. The fraction of sp³-hybridized carbons (Fsp3) is 0.360. The first kappa shape index (κ1) is 24.4. The van der Waals surface area contributed by atoms with Crippen LogP contribution in [0.3, 0.4) is 0 Å². The van der Waals surface area contributed by atoms with E-state index in [1.807, 2.05) is 6.07 Å². The molecule has 2 aliphatic rings. The molecule has 6 rings (SSSR count). The summed E-state index contributed by atoms with van der Waals surface area (Å²) < 4.78 is 56.8. The Labute approximate surface area is 218 Å². The summed E-state index contributed by atoms with van der Waals surface area (Å²) in [6.07, 6.45) is 2.32. The molecule has 0 atom stereocenters. The van der Waals surface area contributed by atoms with E-state index in [1.165, 1.54) is 21.3 Å². The highest BCUT2D eigenvalue weighted by Gasteiger charge is 2.31. The second-order valence-electron chi connectivity index (χ2n) is 9.28. The van der Waals surface area contributed by atoms with Gasteiger partial charge in [0.15, 0.2) is 22.1 Å². The van der Waals surface area contributed by atoms with Gasteiger partial charge >= 0.3 is 0 Å². The number of rotatable bonds is 10. The summed E-state index contributed by atoms with van der Waals surface area (Å²) >= 11 is 0. The third kappa shape index (κ3) is 4.37. The summed E-state index contributed by atoms with van der Waals surface area (Å²) in [6.45, 7) is 1.12. The van der Waals surface area contributed by atoms with E-state index in [0.717, 1.165) is 24.1 Å². The quantitative estimate of drug-likeness (QED) is 0.268. The van der Waals surface area contributed by atoms with Crippen molar-refractivity contribution in [2.45, 2.75) is 29.6 Å². The van der Waals surface area contributed by atoms with E-state index < -0.39 is 10.0 Å². The Morgan fingerprint density at radius 2 is 1.66 bits per heavy atom. The van der Waals surface area contributed by atoms with E-state index in [-0.39, 0.29) is 28.1 Å². The van der Waals surface area contributed by atoms with Crippen LogP contribution in [0.5, 0.6) is 17.2 Å². The van der Waals surface area contributed by atoms with Gasteiger partial charge in [0.1, 0.15) is 17.2 Å². The average molecular weight is 542 g/mol. The monoisotopic (exact) mass is 541 g/mol. The Hall–Kier alpha value is -3.97. The first-order valence-electron chi connectivity index (χ1n) is 12.1. The van der Waals surface area contributed by atoms with Crippen molar-refractivity contribution in [2.24, 2.45) is 0 Å². The minimum atomic E-state index is -4.19. The van der Waals surface area contributed by atoms with Gasteiger partial charge in [-0.05, 0) is 36.6 Å². The largest absolute Gasteiger partial charge is 0.495 e. The molecule has 4 aromatic rings. The van der Waals surface area contributed by atoms with Gasteiger partial charge in [-0.1, -0.05) is 5.16 Å². The number of nitrogens with one attached hydrogen (secondary N) is 3. The van der Waals surface area contributed by atoms with Crippen molar-refractivity contribution in [1.29, 1.82) is 0 Å². The third-order valence-electron chi connectivity index (χ3n) is 6.76. The van der Waals surface area contributed by atoms with Gasteiger partial charge in [-0.15, -0.1) is 0 Å². The van der Waals surface area contributed by atoms with Crippen molar-refractivity contribution < 1.29 is 31.9 Å². The van der Waals surface area contributed by atoms with E-state index in [9.17, 15) is 8.42 Å². The smallest absolute Gasteiger partial charge is 0.270 e. The molecule has 38 heavy (non-hydrogen) atoms. The second kappa shape index (κ2) is 9.40. The molecule has 0 spiro atoms. The van der Waals surface area contributed by atoms with Gasteiger partial charge in [-0.2, -0.15) is 5.10 Å². The molecular weight excluding hydrogens is 514 g/mol. The maximum absolute atomic E-state index is 13.6. The number of H-pyrrole nitrogens is 1. The molecular formula is C25H27N5O7S. The summed E-state index contributed by atoms with van der Waals surface area (Å²) in [5, 5.41) is 15.0. The molecule has 2 aromatic carbocycles. The Morgan fingerprint density at radius 3 is 2.26 bits per heavy atom. The van der Waals surface area contributed by atoms with E-state index in [1.54, 1.807) is 24.3 Å². The topological polar surface area (TPSA) is 150 Å². The molecule has 1 saturated heterocycles. The number of hydrogen-bond acceptors (Lipinski definition) is 10. The summed E-state index contributed by atoms with van der Waals surface area (Å²) in [4.78, 5) is -0.141. The fourth-order valence-electron chi connectivity index (χ4n) is 4.45. The molecule has 0 radical (unpaired) electrons. The Bertz CT molecular complexity index is 1580. The lowest BCUT2D eigenvalue weighted by Crippen LogP contribution is -2.25. The molecule has 2 aromatic heterocycles. The molecule has 200 valence electrons. The standard InChI is InChI=1S/C25H27N5O7S/c1-33-20-8-16-19(9-18(20)26-23-10-17(27-28-23)13-4-5-13)37-29-25(16)30-38(31,32)24-21(34-2)6-14(7-22(24)35-3)15-11-36-12-15/h6-10,13,15H,4-5,11-12H2,1-3H3,(H,29,30)(H2,26,27,28). The lowest BCUT2D eigenvalue weighted by atomic mass is 9.97. The number of methoxy groups -OCH3 is 3. The highest BCUT2D eigenvalue weighted by molar-refractivity contribution is 7.93. The van der Waals surface area contributed by atoms with Gasteiger partial charge in [0, 0.05) is 29.7 Å². The summed E-state index contributed by atoms with van der Waals surface area (Å²) in [7, 11) is 0.148. The van der Waals surface area contributed by atoms with Crippen molar-refractivity contribution >= 4 is 38.3 Å². The summed E-state index contributed by atoms with van der Waals surface area (Å²) in [6, 6.07) is 8.67. The highest BCUT2D eigenvalue weighted by atomic mass is 32.2. The van der Waals surface area contributed by atoms with E-state index in [0.29, 0.717) is 47.4 Å². The average Bonchev–Trinajstić information content (AvgIpc) is 3.51. The number of hydrogen-bond donors (Lipinski definition) is 3. The van der Waals surface area contributed by atoms with Crippen LogP contribution in [-0.2, 0) is 14.8 Å². The van der Waals surface area contributed by atoms with Gasteiger partial charge in [0.2, 0.25) is 0 Å². The number of ether oxygens (including phenoxy) is 4. The maximum atomic E-state index is 13.6. The van der Waals surface area contributed by atoms with Crippen molar-refractivity contribution in [2.75, 3.05) is 44.6 Å². The molecule has 3 heterocycles. The van der Waals surface area contributed by atoms with Crippen molar-refractivity contribution in [3.63, 3.8) is 0 Å². The Morgan fingerprint density at radius 1 is 0.947 bits per heavy atom. The van der Waals surface area contributed by atoms with Crippen molar-refractivity contribution in [3.05, 3.63) is 41.6 Å². The predicted octanol–water partition coefficient (Wildman–Crippen LogP) is 4.11. The zero-order valence-corrected chi connectivity index (χ0v) is 21.8. The number of benzene rings is 2. The molecule has 13 heteroatoms. The third-order valence-corrected chi connectivity index (χ3v) is 8.16. The van der Waals surface area contributed by atoms with Gasteiger partial charge < -0.3 is 28.8 Å². The molecule has 1 aliphatic carbocycles. The predicted molar refractivity (Wildman–Crippen MR) is 138 cm³/mol. The highest BCUT2D eigenvalue weighted by Crippen LogP contribution is 2.42. The van der Waals surface area contributed by atoms with Gasteiger partial charge in [-0.3, -0.25) is 9.82 Å². The number of aromatic nitrogens is 3. The molecule has 3 N–H and O–H groups in total. The lowest BCUT2D eigenvalue weighted by molar-refractivity contribution is 0.00825. The van der Waals surface area contributed by atoms with Crippen LogP contribution in [0.2, 0.25) is 0 Å². The number of sulfonamides is 1. The zero-order valence-electron chi connectivity index (χ0n) is 21.0. The second-order valence-corrected chi connectivity index (χ2v) is 10.9. The van der Waals surface area contributed by atoms with Crippen molar-refractivity contribution in [1.82, 2.24) is 15.4 Å². The first-order chi connectivity index (χ1) is 18.4. The first-order valence-corrected chi connectivity index (χ1v) is 13.5. The van der Waals surface area contributed by atoms with E-state index in [2.05, 4.69) is 25.4 Å². The normalized spacial score (nSPS) is 15.8. The van der Waals surface area contributed by atoms with Crippen LogP contribution in [0.4, 0.5) is 17.3 Å². The molecule has 0 amide bonds. The number of aromatic amines is 1. The van der Waals surface area contributed by atoms with Crippen LogP contribution in [0.25, 0.3) is 11.0 Å². The maximum Gasteiger partial charge on any atom is 0.270 e. The summed E-state index contributed by atoms with van der Waals surface area (Å²) in [5.41, 5.74) is 2.91. The SMILES string of the molecule is COc1cc2c(NS(=O)(=O)c3c(OC)cc(C4COC4)cc3OC)noc2cc1Nc1cc(C2CC2)[nH]n1. The van der Waals surface area contributed by atoms with Crippen LogP contribution in [0.1, 0.15) is 35.9 Å². The number of nitrogens with zero attached hydrogens (tertiary/aromatic N) is 2. The van der Waals surface area contributed by atoms with E-state index >= 15 is 0 Å². The Kier molecular flexibility index (Phi) is 6.03. The van der Waals surface area contributed by atoms with Crippen LogP contribution >= 0.6 is 0 Å². The molecule has 12 nitrogen and oxygen atoms in total. The van der Waals surface area contributed by atoms with Gasteiger partial charge in [0.05, 0.1) is 45.6 Å². The molecule has 1 aliphatic heterocycles. The fourth-order valence-corrected chi connectivity index (χ4v) is 5.77. The van der Waals surface area contributed by atoms with Crippen LogP contribution < -0.4 is 24.2 Å². The van der Waals surface area contributed by atoms with Crippen LogP contribution in [-0.4, -0.2) is 58.3 Å². The van der Waals surface area contributed by atoms with Crippen molar-refractivity contribution in [3.8, 4) is 17.2 Å². The minimum Gasteiger partial charge on any atom is -0.495 e. The molecule has 0 unspecified atom stereocenters. The number of anilines is 3. The van der Waals surface area contributed by atoms with Crippen LogP contribution in [0.15, 0.2) is 39.8 Å². The zero-order chi connectivity index (χ0) is 26.4. The van der Waals surface area contributed by atoms with Gasteiger partial charge in [-0.25, -0.2) is 8.42 Å². The van der Waals surface area contributed by atoms with Crippen LogP contribution in [0, 0.1) is 0 Å². The van der Waals surface area contributed by atoms with E-state index in [4.69, 9.17) is 23.5 Å². The van der Waals surface area contributed by atoms with Gasteiger partial charge in [0.25, 0.3) is 10.0 Å². The Balaban J connectivity index is 1.32. The summed E-state index contributed by atoms with van der Waals surface area (Å²) in [5.74, 6) is 2.09. The molecule has 1 saturated carbocycles. The minimum absolute atomic E-state index is 0.00112. The molecule has 0 bridgehead atoms. The number of fused-ring (bicyclic) bond motifs is 1. The lowest BCUT2D eigenvalue weighted by Gasteiger charge is -2.27.